The number of carbonyl (C=O) groups is 5. The monoisotopic (exact) mass is 464 g/mol. The highest BCUT2D eigenvalue weighted by Gasteiger charge is 2.31. The molecule has 0 aromatic heterocycles. The third kappa shape index (κ3) is 10.6. The summed E-state index contributed by atoms with van der Waals surface area (Å²) in [6.07, 6.45) is 6.82. The molecule has 9 heteroatoms. The molecular weight excluding hydrogens is 424 g/mol. The molecule has 1 heterocycles. The van der Waals surface area contributed by atoms with Crippen molar-refractivity contribution in [3.8, 4) is 0 Å². The fraction of sp³-hybridized carbons (Fsp3) is 0.708. The standard InChI is InChI=1S/C24H40N4O5/c1-6-16(4)14-19-22(31)25-13-9-11-18(27-20(29)12-8-7-10-15(2)3)23(32)26-17(5)21(30)24(33)28-19/h8,12,15-19H,6-7,9-11,13-14H2,1-5H3,(H,25,31)(H,26,32)(H,27,29)(H,28,33)/b12-8+. The first kappa shape index (κ1) is 28.3. The Kier molecular flexibility index (Phi) is 12.4. The van der Waals surface area contributed by atoms with Crippen LogP contribution >= 0.6 is 0 Å². The highest BCUT2D eigenvalue weighted by atomic mass is 16.2. The fourth-order valence-electron chi connectivity index (χ4n) is 3.36. The van der Waals surface area contributed by atoms with Gasteiger partial charge < -0.3 is 21.3 Å². The van der Waals surface area contributed by atoms with Gasteiger partial charge in [0.2, 0.25) is 23.5 Å². The maximum Gasteiger partial charge on any atom is 0.290 e. The lowest BCUT2D eigenvalue weighted by Gasteiger charge is -2.21. The number of carbonyl (C=O) groups excluding carboxylic acids is 5. The topological polar surface area (TPSA) is 133 Å². The van der Waals surface area contributed by atoms with Crippen LogP contribution in [-0.4, -0.2) is 54.1 Å². The van der Waals surface area contributed by atoms with Crippen LogP contribution in [0.2, 0.25) is 0 Å². The van der Waals surface area contributed by atoms with Crippen LogP contribution in [0.15, 0.2) is 12.2 Å². The third-order valence-corrected chi connectivity index (χ3v) is 5.71. The molecule has 4 N–H and O–H groups in total. The van der Waals surface area contributed by atoms with E-state index >= 15 is 0 Å². The molecule has 1 aliphatic heterocycles. The molecule has 1 saturated heterocycles. The zero-order valence-electron chi connectivity index (χ0n) is 20.5. The first-order chi connectivity index (χ1) is 15.5. The largest absolute Gasteiger partial charge is 0.354 e. The van der Waals surface area contributed by atoms with E-state index in [2.05, 4.69) is 35.1 Å². The Morgan fingerprint density at radius 3 is 2.45 bits per heavy atom. The van der Waals surface area contributed by atoms with E-state index in [0.717, 1.165) is 19.3 Å². The zero-order chi connectivity index (χ0) is 25.0. The molecule has 4 amide bonds. The molecule has 33 heavy (non-hydrogen) atoms. The minimum absolute atomic E-state index is 0.178. The Balaban J connectivity index is 2.91. The molecule has 0 saturated carbocycles. The molecule has 0 aromatic carbocycles. The SMILES string of the molecule is CCC(C)CC1NC(=O)C(=O)C(C)NC(=O)C(NC(=O)/C=C/CCC(C)C)CCCNC1=O. The number of hydrogen-bond acceptors (Lipinski definition) is 5. The van der Waals surface area contributed by atoms with E-state index in [1.807, 2.05) is 13.8 Å². The third-order valence-electron chi connectivity index (χ3n) is 5.71. The number of ketones is 1. The van der Waals surface area contributed by atoms with Crippen molar-refractivity contribution in [2.24, 2.45) is 11.8 Å². The molecule has 1 aliphatic rings. The predicted octanol–water partition coefficient (Wildman–Crippen LogP) is 1.37. The molecule has 0 radical (unpaired) electrons. The lowest BCUT2D eigenvalue weighted by molar-refractivity contribution is -0.141. The Labute approximate surface area is 196 Å². The lowest BCUT2D eigenvalue weighted by Crippen LogP contribution is -2.54. The summed E-state index contributed by atoms with van der Waals surface area (Å²) in [6.45, 7) is 9.84. The van der Waals surface area contributed by atoms with E-state index in [0.29, 0.717) is 18.8 Å². The quantitative estimate of drug-likeness (QED) is 0.318. The van der Waals surface area contributed by atoms with Crippen molar-refractivity contribution in [1.82, 2.24) is 21.3 Å². The van der Waals surface area contributed by atoms with Crippen molar-refractivity contribution in [2.45, 2.75) is 91.3 Å². The first-order valence-corrected chi connectivity index (χ1v) is 11.9. The van der Waals surface area contributed by atoms with Crippen LogP contribution in [0.25, 0.3) is 0 Å². The molecule has 0 aliphatic carbocycles. The molecule has 0 bridgehead atoms. The maximum absolute atomic E-state index is 12.7. The van der Waals surface area contributed by atoms with Gasteiger partial charge in [-0.15, -0.1) is 0 Å². The predicted molar refractivity (Wildman–Crippen MR) is 126 cm³/mol. The van der Waals surface area contributed by atoms with Crippen molar-refractivity contribution >= 4 is 29.4 Å². The second-order valence-electron chi connectivity index (χ2n) is 9.24. The fourth-order valence-corrected chi connectivity index (χ4v) is 3.36. The van der Waals surface area contributed by atoms with Crippen LogP contribution in [0.3, 0.4) is 0 Å². The number of rotatable bonds is 8. The summed E-state index contributed by atoms with van der Waals surface area (Å²) in [7, 11) is 0. The molecule has 0 spiro atoms. The van der Waals surface area contributed by atoms with Crippen LogP contribution in [0.5, 0.6) is 0 Å². The second-order valence-corrected chi connectivity index (χ2v) is 9.24. The number of amides is 4. The smallest absolute Gasteiger partial charge is 0.290 e. The number of nitrogens with one attached hydrogen (secondary N) is 4. The van der Waals surface area contributed by atoms with Crippen molar-refractivity contribution < 1.29 is 24.0 Å². The van der Waals surface area contributed by atoms with E-state index in [9.17, 15) is 24.0 Å². The van der Waals surface area contributed by atoms with Crippen LogP contribution in [0, 0.1) is 11.8 Å². The van der Waals surface area contributed by atoms with Gasteiger partial charge in [-0.1, -0.05) is 40.2 Å². The Morgan fingerprint density at radius 2 is 1.82 bits per heavy atom. The Hall–Kier alpha value is -2.71. The van der Waals surface area contributed by atoms with Gasteiger partial charge >= 0.3 is 0 Å². The lowest BCUT2D eigenvalue weighted by atomic mass is 9.98. The van der Waals surface area contributed by atoms with Gasteiger partial charge in [0, 0.05) is 6.54 Å². The van der Waals surface area contributed by atoms with Gasteiger partial charge in [0.05, 0.1) is 6.04 Å². The number of allylic oxidation sites excluding steroid dienone is 1. The molecule has 0 aromatic rings. The minimum Gasteiger partial charge on any atom is -0.354 e. The van der Waals surface area contributed by atoms with E-state index in [-0.39, 0.29) is 24.8 Å². The normalized spacial score (nSPS) is 24.2. The van der Waals surface area contributed by atoms with Crippen molar-refractivity contribution in [1.29, 1.82) is 0 Å². The average Bonchev–Trinajstić information content (AvgIpc) is 2.76. The molecule has 4 unspecified atom stereocenters. The van der Waals surface area contributed by atoms with Crippen molar-refractivity contribution in [3.63, 3.8) is 0 Å². The maximum atomic E-state index is 12.7. The van der Waals surface area contributed by atoms with Crippen LogP contribution in [0.1, 0.15) is 73.1 Å². The van der Waals surface area contributed by atoms with Crippen LogP contribution in [0.4, 0.5) is 0 Å². The molecule has 1 fully saturated rings. The molecule has 9 nitrogen and oxygen atoms in total. The Morgan fingerprint density at radius 1 is 1.12 bits per heavy atom. The van der Waals surface area contributed by atoms with Gasteiger partial charge in [-0.3, -0.25) is 24.0 Å². The average molecular weight is 465 g/mol. The summed E-state index contributed by atoms with van der Waals surface area (Å²) in [6, 6.07) is -2.81. The van der Waals surface area contributed by atoms with Gasteiger partial charge in [-0.2, -0.15) is 0 Å². The van der Waals surface area contributed by atoms with E-state index in [1.165, 1.54) is 13.0 Å². The molecule has 1 rings (SSSR count). The minimum atomic E-state index is -1.09. The van der Waals surface area contributed by atoms with Gasteiger partial charge in [-0.25, -0.2) is 0 Å². The summed E-state index contributed by atoms with van der Waals surface area (Å²) in [5.41, 5.74) is 0. The number of hydrogen-bond donors (Lipinski definition) is 4. The second kappa shape index (κ2) is 14.4. The summed E-state index contributed by atoms with van der Waals surface area (Å²) >= 11 is 0. The van der Waals surface area contributed by atoms with E-state index in [4.69, 9.17) is 0 Å². The molecular formula is C24H40N4O5. The van der Waals surface area contributed by atoms with Gasteiger partial charge in [0.15, 0.2) is 0 Å². The summed E-state index contributed by atoms with van der Waals surface area (Å²) in [5, 5.41) is 10.5. The highest BCUT2D eigenvalue weighted by molar-refractivity contribution is 6.38. The first-order valence-electron chi connectivity index (χ1n) is 11.9. The van der Waals surface area contributed by atoms with E-state index in [1.54, 1.807) is 6.08 Å². The van der Waals surface area contributed by atoms with Gasteiger partial charge in [0.25, 0.3) is 5.91 Å². The summed E-state index contributed by atoms with van der Waals surface area (Å²) in [4.78, 5) is 62.6. The Bertz CT molecular complexity index is 734. The van der Waals surface area contributed by atoms with Crippen LogP contribution < -0.4 is 21.3 Å². The van der Waals surface area contributed by atoms with Gasteiger partial charge in [-0.05, 0) is 56.9 Å². The van der Waals surface area contributed by atoms with Crippen molar-refractivity contribution in [2.75, 3.05) is 6.54 Å². The van der Waals surface area contributed by atoms with Crippen LogP contribution in [-0.2, 0) is 24.0 Å². The van der Waals surface area contributed by atoms with Gasteiger partial charge in [0.1, 0.15) is 12.1 Å². The highest BCUT2D eigenvalue weighted by Crippen LogP contribution is 2.11. The molecule has 186 valence electrons. The summed E-state index contributed by atoms with van der Waals surface area (Å²) < 4.78 is 0. The molecule has 4 atom stereocenters. The van der Waals surface area contributed by atoms with Crippen molar-refractivity contribution in [3.05, 3.63) is 12.2 Å². The van der Waals surface area contributed by atoms with E-state index < -0.39 is 41.6 Å². The number of Topliss-reactive ketones (excluding diaryl/α,β-unsaturated/α-hetero) is 1. The zero-order valence-corrected chi connectivity index (χ0v) is 20.5. The summed E-state index contributed by atoms with van der Waals surface area (Å²) in [5.74, 6) is -2.38.